The number of phenolic OH excluding ortho intramolecular Hbond substituents is 2. The van der Waals surface area contributed by atoms with Crippen molar-refractivity contribution in [2.45, 2.75) is 25.3 Å². The van der Waals surface area contributed by atoms with Crippen LogP contribution in [0.4, 0.5) is 0 Å². The predicted molar refractivity (Wildman–Crippen MR) is 103 cm³/mol. The van der Waals surface area contributed by atoms with E-state index in [9.17, 15) is 10.2 Å². The molecular weight excluding hydrogens is 348 g/mol. The van der Waals surface area contributed by atoms with Crippen LogP contribution in [0.5, 0.6) is 28.7 Å². The molecule has 1 aliphatic heterocycles. The van der Waals surface area contributed by atoms with Gasteiger partial charge in [0, 0.05) is 12.6 Å². The summed E-state index contributed by atoms with van der Waals surface area (Å²) in [5.74, 6) is -0.207. The summed E-state index contributed by atoms with van der Waals surface area (Å²) in [4.78, 5) is 2.10. The highest BCUT2D eigenvalue weighted by Gasteiger charge is 2.26. The molecule has 0 unspecified atom stereocenters. The van der Waals surface area contributed by atoms with E-state index in [1.165, 1.54) is 21.3 Å². The van der Waals surface area contributed by atoms with Crippen LogP contribution in [0.25, 0.3) is 0 Å². The van der Waals surface area contributed by atoms with E-state index in [1.54, 1.807) is 6.07 Å². The van der Waals surface area contributed by atoms with Crippen molar-refractivity contribution in [3.8, 4) is 28.7 Å². The monoisotopic (exact) mass is 381 g/mol. The highest BCUT2D eigenvalue weighted by Crippen LogP contribution is 2.41. The Kier molecular flexibility index (Phi) is 4.56. The summed E-state index contributed by atoms with van der Waals surface area (Å²) in [5, 5.41) is 20.7. The van der Waals surface area contributed by atoms with Gasteiger partial charge in [0.25, 0.3) is 0 Å². The van der Waals surface area contributed by atoms with Gasteiger partial charge in [-0.3, -0.25) is 4.90 Å². The fourth-order valence-electron chi connectivity index (χ4n) is 3.54. The van der Waals surface area contributed by atoms with Gasteiger partial charge in [-0.15, -0.1) is 0 Å². The smallest absolute Gasteiger partial charge is 0.203 e. The number of benzene rings is 2. The highest BCUT2D eigenvalue weighted by molar-refractivity contribution is 5.53. The first kappa shape index (κ1) is 15.5. The summed E-state index contributed by atoms with van der Waals surface area (Å²) in [5.41, 5.74) is 2.02. The quantitative estimate of drug-likeness (QED) is 0.800. The molecule has 3 rings (SSSR count). The number of hydrogen-bond acceptors (Lipinski definition) is 6. The molecule has 1 atom stereocenters. The van der Waals surface area contributed by atoms with E-state index in [-0.39, 0.29) is 52.9 Å². The third-order valence-electron chi connectivity index (χ3n) is 4.99. The van der Waals surface area contributed by atoms with Crippen LogP contribution in [0.1, 0.15) is 33.3 Å². The van der Waals surface area contributed by atoms with Gasteiger partial charge in [-0.25, -0.2) is 0 Å². The Labute approximate surface area is 164 Å². The third-order valence-corrected chi connectivity index (χ3v) is 4.99. The number of hydrogen-bond donors (Lipinski definition) is 2. The minimum absolute atomic E-state index is 0.000453. The van der Waals surface area contributed by atoms with Crippen LogP contribution in [0, 0.1) is 0 Å². The van der Waals surface area contributed by atoms with Gasteiger partial charge in [-0.05, 0) is 67.2 Å². The number of phenols is 2. The van der Waals surface area contributed by atoms with Crippen molar-refractivity contribution in [1.82, 2.24) is 4.90 Å². The topological polar surface area (TPSA) is 71.4 Å². The van der Waals surface area contributed by atoms with Gasteiger partial charge >= 0.3 is 0 Å². The molecule has 0 radical (unpaired) electrons. The second-order valence-corrected chi connectivity index (χ2v) is 6.55. The van der Waals surface area contributed by atoms with Gasteiger partial charge in [0.2, 0.25) is 5.75 Å². The lowest BCUT2D eigenvalue weighted by atomic mass is 9.96. The second kappa shape index (κ2) is 7.96. The van der Waals surface area contributed by atoms with Crippen LogP contribution in [-0.2, 0) is 12.8 Å². The Hall–Kier alpha value is -2.60. The largest absolute Gasteiger partial charge is 0.504 e. The molecule has 2 N–H and O–H groups in total. The Bertz CT molecular complexity index is 967. The number of nitrogens with zero attached hydrogens (tertiary/aromatic N) is 1. The zero-order valence-electron chi connectivity index (χ0n) is 19.0. The van der Waals surface area contributed by atoms with E-state index in [2.05, 4.69) is 4.90 Å². The van der Waals surface area contributed by atoms with Crippen molar-refractivity contribution in [3.63, 3.8) is 0 Å². The number of methoxy groups -OCH3 is 3. The Morgan fingerprint density at radius 2 is 1.85 bits per heavy atom. The van der Waals surface area contributed by atoms with Gasteiger partial charge in [0.15, 0.2) is 23.0 Å². The second-order valence-electron chi connectivity index (χ2n) is 6.55. The van der Waals surface area contributed by atoms with Crippen molar-refractivity contribution >= 4 is 0 Å². The van der Waals surface area contributed by atoms with E-state index in [0.29, 0.717) is 18.4 Å². The predicted octanol–water partition coefficient (Wildman–Crippen LogP) is 3.29. The lowest BCUT2D eigenvalue weighted by Crippen LogP contribution is -2.32. The third kappa shape index (κ3) is 3.76. The summed E-state index contributed by atoms with van der Waals surface area (Å²) in [6.07, 6.45) is 1.54. The maximum absolute atomic E-state index is 10.3. The number of fused-ring (bicyclic) bond motifs is 1. The van der Waals surface area contributed by atoms with Crippen LogP contribution in [-0.4, -0.2) is 50.0 Å². The van der Waals surface area contributed by atoms with Crippen LogP contribution >= 0.6 is 0 Å². The molecule has 0 saturated heterocycles. The Morgan fingerprint density at radius 1 is 1.11 bits per heavy atom. The van der Waals surface area contributed by atoms with E-state index in [0.717, 1.165) is 24.1 Å². The van der Waals surface area contributed by atoms with Gasteiger partial charge in [-0.2, -0.15) is 0 Å². The van der Waals surface area contributed by atoms with Gasteiger partial charge in [0.05, 0.1) is 25.4 Å². The van der Waals surface area contributed by atoms with Gasteiger partial charge in [0.1, 0.15) is 0 Å². The minimum Gasteiger partial charge on any atom is -0.504 e. The number of aromatic hydroxyl groups is 2. The van der Waals surface area contributed by atoms with Crippen molar-refractivity contribution in [3.05, 3.63) is 40.9 Å². The molecule has 0 saturated carbocycles. The summed E-state index contributed by atoms with van der Waals surface area (Å²) in [7, 11) is 6.14. The van der Waals surface area contributed by atoms with Crippen molar-refractivity contribution in [1.29, 1.82) is 0 Å². The first-order valence-corrected chi connectivity index (χ1v) is 8.79. The van der Waals surface area contributed by atoms with Crippen LogP contribution in [0.15, 0.2) is 24.2 Å². The first-order valence-electron chi connectivity index (χ1n) is 10.3. The minimum atomic E-state index is -0.360. The maximum atomic E-state index is 10.3. The van der Waals surface area contributed by atoms with E-state index >= 15 is 0 Å². The molecule has 1 heterocycles. The normalized spacial score (nSPS) is 18.2. The average Bonchev–Trinajstić information content (AvgIpc) is 2.74. The molecule has 1 aliphatic rings. The molecule has 27 heavy (non-hydrogen) atoms. The average molecular weight is 381 g/mol. The van der Waals surface area contributed by atoms with Crippen LogP contribution in [0.3, 0.4) is 0 Å². The van der Waals surface area contributed by atoms with E-state index < -0.39 is 0 Å². The molecule has 0 amide bonds. The first-order chi connectivity index (χ1) is 14.3. The molecule has 0 aromatic heterocycles. The molecular formula is C21H27NO5. The Morgan fingerprint density at radius 3 is 2.52 bits per heavy atom. The standard InChI is InChI=1S/C21H27NO5/c1-22-8-7-14-11-19(25-2)17(23)12-15(14)16(22)6-5-13-9-18(24)21(27-4)20(10-13)26-3/h9-12,16,23-24H,5-8H2,1-4H3/t16-/m1/s1/i6+2,9T,10T,12T. The molecule has 6 nitrogen and oxygen atoms in total. The lowest BCUT2D eigenvalue weighted by molar-refractivity contribution is 0.218. The summed E-state index contributed by atoms with van der Waals surface area (Å²) in [6.45, 7) is 0.768. The molecule has 0 spiro atoms. The van der Waals surface area contributed by atoms with Crippen LogP contribution in [0.2, 0.25) is 0 Å². The fourth-order valence-corrected chi connectivity index (χ4v) is 3.54. The zero-order chi connectivity index (χ0) is 22.2. The van der Waals surface area contributed by atoms with Crippen LogP contribution < -0.4 is 14.2 Å². The molecule has 2 aromatic rings. The molecule has 6 heteroatoms. The highest BCUT2D eigenvalue weighted by atomic mass is 16.5. The lowest BCUT2D eigenvalue weighted by Gasteiger charge is -2.35. The number of rotatable bonds is 6. The number of likely N-dealkylation sites (N-methyl/N-ethyl adjacent to an activating group) is 1. The summed E-state index contributed by atoms with van der Waals surface area (Å²) >= 11 is 0. The van der Waals surface area contributed by atoms with Crippen molar-refractivity contribution in [2.24, 2.45) is 0 Å². The van der Waals surface area contributed by atoms with E-state index in [1.807, 2.05) is 7.05 Å². The van der Waals surface area contributed by atoms with E-state index in [4.69, 9.17) is 18.3 Å². The molecule has 0 bridgehead atoms. The Balaban J connectivity index is 2.00. The molecule has 0 fully saturated rings. The molecule has 2 aromatic carbocycles. The summed E-state index contributed by atoms with van der Waals surface area (Å²) < 4.78 is 40.7. The fraction of sp³-hybridized carbons (Fsp3) is 0.429. The SMILES string of the molecule is [3H]c1c(O)c(OC)c(OC)c([3H])c1C[14CH2][C@@H]1c2c(cc(OC)c(O)c2[3H])CCN1C. The zero-order valence-corrected chi connectivity index (χ0v) is 16.0. The summed E-state index contributed by atoms with van der Waals surface area (Å²) in [6, 6.07) is 1.46. The van der Waals surface area contributed by atoms with Gasteiger partial charge < -0.3 is 24.4 Å². The van der Waals surface area contributed by atoms with Gasteiger partial charge in [-0.1, -0.05) is 0 Å². The van der Waals surface area contributed by atoms with Crippen molar-refractivity contribution < 1.29 is 28.5 Å². The number of ether oxygens (including phenoxy) is 3. The molecule has 146 valence electrons. The molecule has 0 aliphatic carbocycles. The van der Waals surface area contributed by atoms with Crippen molar-refractivity contribution in [2.75, 3.05) is 34.9 Å². The maximum Gasteiger partial charge on any atom is 0.203 e.